The molecule has 9 amide bonds. The molecule has 4 bridgehead atoms. The molecule has 5 heterocycles. The van der Waals surface area contributed by atoms with Crippen LogP contribution in [-0.2, 0) is 59.1 Å². The molecule has 0 spiro atoms. The van der Waals surface area contributed by atoms with Gasteiger partial charge in [0.05, 0.1) is 35.5 Å². The van der Waals surface area contributed by atoms with Crippen molar-refractivity contribution in [1.82, 2.24) is 30.7 Å². The van der Waals surface area contributed by atoms with Gasteiger partial charge in [0.25, 0.3) is 23.5 Å². The topological polar surface area (TPSA) is 437 Å². The van der Waals surface area contributed by atoms with Gasteiger partial charge in [0.2, 0.25) is 23.2 Å². The molecule has 0 unspecified atom stereocenters. The first-order chi connectivity index (χ1) is 50.9. The number of amides is 9. The number of aromatic nitrogens is 1. The largest absolute Gasteiger partial charge is 0.507 e. The molecule has 3 aromatic carbocycles. The summed E-state index contributed by atoms with van der Waals surface area (Å²) in [4.78, 5) is 157. The highest BCUT2D eigenvalue weighted by Gasteiger charge is 2.53. The Balaban J connectivity index is 0.835. The number of ether oxygens (including phenoxy) is 5. The van der Waals surface area contributed by atoms with Crippen LogP contribution < -0.4 is 47.4 Å². The van der Waals surface area contributed by atoms with Crippen LogP contribution in [0.1, 0.15) is 121 Å². The second-order valence-corrected chi connectivity index (χ2v) is 28.1. The van der Waals surface area contributed by atoms with Gasteiger partial charge in [-0.1, -0.05) is 64.5 Å². The predicted octanol–water partition coefficient (Wildman–Crippen LogP) is 6.37. The van der Waals surface area contributed by atoms with Gasteiger partial charge in [-0.15, -0.1) is 0 Å². The third-order valence-corrected chi connectivity index (χ3v) is 20.8. The number of imide groups is 1. The van der Waals surface area contributed by atoms with Crippen molar-refractivity contribution >= 4 is 98.3 Å². The highest BCUT2D eigenvalue weighted by Crippen LogP contribution is 2.51. The lowest BCUT2D eigenvalue weighted by atomic mass is 9.67. The van der Waals surface area contributed by atoms with E-state index in [9.17, 15) is 63.6 Å². The van der Waals surface area contributed by atoms with E-state index in [1.807, 2.05) is 4.90 Å². The maximum Gasteiger partial charge on any atom is 0.410 e. The molecule has 31 nitrogen and oxygen atoms in total. The van der Waals surface area contributed by atoms with E-state index in [1.165, 1.54) is 76.2 Å². The van der Waals surface area contributed by atoms with Gasteiger partial charge in [0, 0.05) is 143 Å². The van der Waals surface area contributed by atoms with Gasteiger partial charge in [0.1, 0.15) is 58.3 Å². The molecule has 0 radical (unpaired) electrons. The van der Waals surface area contributed by atoms with Crippen molar-refractivity contribution < 1.29 is 96.5 Å². The molecule has 10 rings (SSSR count). The Labute approximate surface area is 616 Å². The van der Waals surface area contributed by atoms with Crippen molar-refractivity contribution in [1.29, 1.82) is 0 Å². The Bertz CT molecular complexity index is 4440. The molecule has 11 N–H and O–H groups in total. The SMILES string of the molecule is CO[C@H]1/C=C/O[C@@]2(C)Oc3c(C)c(O)c4c(=O)c(c5oc6cc(N7CCN(C(=O)OCc8ccc(NC(=O)[C@H](CCCNC(N)=O)NC(=O)C9(C(=O)NCCCCCN%10C(=O)C=CC%10=O)CCC9)cc8)CC7)cc(O)c6nc-5c4c3C2=O)NC(=O)/C(C)=C\C=C\[C@H](C)[C@H](O)[C@@H](C)[C@@H](O)[C@@H](C)[C@H](OC(C)=O)[C@@H]1C. The number of methoxy groups -OCH3 is 1. The molecule has 2 fully saturated rings. The number of hydrogen-bond donors (Lipinski definition) is 10. The number of benzene rings is 4. The maximum absolute atomic E-state index is 15.2. The minimum absolute atomic E-state index is 0.0428. The van der Waals surface area contributed by atoms with Gasteiger partial charge in [-0.25, -0.2) is 14.6 Å². The average molecular weight is 1480 g/mol. The smallest absolute Gasteiger partial charge is 0.410 e. The Kier molecular flexibility index (Phi) is 24.4. The van der Waals surface area contributed by atoms with Gasteiger partial charge >= 0.3 is 23.9 Å². The number of fused-ring (bicyclic) bond motifs is 2. The highest BCUT2D eigenvalue weighted by molar-refractivity contribution is 6.22. The van der Waals surface area contributed by atoms with Crippen LogP contribution in [0.25, 0.3) is 33.3 Å². The molecule has 572 valence electrons. The first-order valence-corrected chi connectivity index (χ1v) is 35.7. The van der Waals surface area contributed by atoms with Gasteiger partial charge in [-0.3, -0.25) is 48.1 Å². The number of primary amides is 1. The second kappa shape index (κ2) is 33.3. The molecule has 31 heteroatoms. The van der Waals surface area contributed by atoms with Crippen LogP contribution in [0, 0.1) is 36.0 Å². The van der Waals surface area contributed by atoms with Crippen molar-refractivity contribution in [2.75, 3.05) is 68.5 Å². The van der Waals surface area contributed by atoms with Crippen LogP contribution in [0.2, 0.25) is 0 Å². The molecule has 3 aromatic rings. The summed E-state index contributed by atoms with van der Waals surface area (Å²) in [6, 6.07) is 7.52. The van der Waals surface area contributed by atoms with E-state index in [4.69, 9.17) is 38.8 Å². The number of nitrogens with two attached hydrogens (primary N) is 1. The van der Waals surface area contributed by atoms with Crippen molar-refractivity contribution in [3.05, 3.63) is 112 Å². The lowest BCUT2D eigenvalue weighted by molar-refractivity contribution is -0.160. The number of nitrogens with one attached hydrogen (secondary N) is 5. The molecule has 7 aliphatic rings. The number of carbonyl (C=O) groups excluding carboxylic acids is 10. The van der Waals surface area contributed by atoms with Crippen LogP contribution >= 0.6 is 0 Å². The third-order valence-electron chi connectivity index (χ3n) is 20.8. The lowest BCUT2D eigenvalue weighted by Crippen LogP contribution is -2.58. The Morgan fingerprint density at radius 2 is 1.52 bits per heavy atom. The fourth-order valence-corrected chi connectivity index (χ4v) is 14.1. The van der Waals surface area contributed by atoms with Crippen LogP contribution in [0.4, 0.5) is 26.7 Å². The van der Waals surface area contributed by atoms with Crippen LogP contribution in [-0.4, -0.2) is 184 Å². The van der Waals surface area contributed by atoms with Crippen LogP contribution in [0.3, 0.4) is 0 Å². The van der Waals surface area contributed by atoms with E-state index in [0.717, 1.165) is 11.2 Å². The normalized spacial score (nSPS) is 24.6. The van der Waals surface area contributed by atoms with Gasteiger partial charge in [-0.2, -0.15) is 0 Å². The fourth-order valence-electron chi connectivity index (χ4n) is 14.1. The number of allylic oxidation sites excluding steroid dienone is 2. The number of piperazine rings is 1. The zero-order valence-corrected chi connectivity index (χ0v) is 61.1. The fraction of sp³-hybridized carbons (Fsp3) is 0.474. The number of Topliss-reactive ketones (excluding diaryl/α,β-unsaturated/α-hetero) is 1. The Hall–Kier alpha value is -10.9. The number of esters is 1. The van der Waals surface area contributed by atoms with E-state index in [-0.39, 0.29) is 140 Å². The highest BCUT2D eigenvalue weighted by atomic mass is 16.7. The first-order valence-electron chi connectivity index (χ1n) is 35.7. The number of unbranched alkanes of at least 4 members (excludes halogenated alkanes) is 2. The third kappa shape index (κ3) is 16.9. The summed E-state index contributed by atoms with van der Waals surface area (Å²) in [5.74, 6) is -11.2. The molecule has 5 aliphatic heterocycles. The minimum atomic E-state index is -2.18. The Morgan fingerprint density at radius 1 is 0.832 bits per heavy atom. The predicted molar refractivity (Wildman–Crippen MR) is 389 cm³/mol. The van der Waals surface area contributed by atoms with E-state index < -0.39 is 141 Å². The second-order valence-electron chi connectivity index (χ2n) is 28.1. The molecule has 107 heavy (non-hydrogen) atoms. The number of phenolic OH excluding ortho intramolecular Hbond substituents is 2. The number of aromatic hydroxyl groups is 2. The summed E-state index contributed by atoms with van der Waals surface area (Å²) >= 11 is 0. The standard InChI is InChI=1S/C76H92N10O21/c1-39-16-13-17-40(2)69(96)83-60-64(94)56-55(57-66(44(6)63(56)93)107-75(8,68(57)95)104-35-25-51(102-9)41(3)65(105-45(7)87)43(5)62(92)42(4)61(39)91)59-67(60)106-52-37-48(36-50(88)58(52)82-59)84-31-33-85(34-32-84)74(101)103-38-46-19-21-47(22-20-46)80-70(97)49(18-14-29-79-73(77)100)81-72(99)76(26-15-27-76)71(98)78-28-11-10-12-30-86-53(89)23-24-54(86)90/h13,16-17,19-25,35-37,39,41-43,49,51,61-62,65,88,91-93H,10-12,14-15,18,26-34,38H2,1-9H3,(H,78,98)(H,80,97)(H,81,99)(H,83,96)(H3,77,79,100)/b16-13+,35-25+,40-17-/t39-,41+,42+,43+,49-,51-,61-,62+,65+,75-/m0/s1. The van der Waals surface area contributed by atoms with Crippen molar-refractivity contribution in [3.63, 3.8) is 0 Å². The average Bonchev–Trinajstić information content (AvgIpc) is 1.65. The van der Waals surface area contributed by atoms with Crippen molar-refractivity contribution in [2.45, 2.75) is 150 Å². The quantitative estimate of drug-likeness (QED) is 0.0101. The van der Waals surface area contributed by atoms with Crippen LogP contribution in [0.5, 0.6) is 17.2 Å². The van der Waals surface area contributed by atoms with E-state index in [1.54, 1.807) is 64.1 Å². The zero-order chi connectivity index (χ0) is 77.5. The lowest BCUT2D eigenvalue weighted by Gasteiger charge is -2.39. The number of urea groups is 1. The summed E-state index contributed by atoms with van der Waals surface area (Å²) in [7, 11) is 1.41. The van der Waals surface area contributed by atoms with Crippen molar-refractivity contribution in [3.8, 4) is 28.7 Å². The summed E-state index contributed by atoms with van der Waals surface area (Å²) in [6.07, 6.45) is 7.96. The van der Waals surface area contributed by atoms with Gasteiger partial charge < -0.3 is 90.6 Å². The summed E-state index contributed by atoms with van der Waals surface area (Å²) in [5, 5.41) is 60.1. The van der Waals surface area contributed by atoms with E-state index in [2.05, 4.69) is 26.6 Å². The minimum Gasteiger partial charge on any atom is -0.507 e. The number of aliphatic hydroxyl groups excluding tert-OH is 2. The molecule has 1 saturated heterocycles. The number of nitrogens with zero attached hydrogens (tertiary/aromatic N) is 4. The van der Waals surface area contributed by atoms with Gasteiger partial charge in [0.15, 0.2) is 11.3 Å². The molecule has 10 atom stereocenters. The summed E-state index contributed by atoms with van der Waals surface area (Å²) in [5.41, 5.74) is 2.99. The molecular weight excluding hydrogens is 1390 g/mol. The summed E-state index contributed by atoms with van der Waals surface area (Å²) in [6.45, 7) is 13.4. The molecule has 1 saturated carbocycles. The summed E-state index contributed by atoms with van der Waals surface area (Å²) < 4.78 is 36.3. The zero-order valence-electron chi connectivity index (χ0n) is 61.1. The molecule has 0 aromatic heterocycles. The number of carbonyl (C=O) groups is 10. The monoisotopic (exact) mass is 1480 g/mol. The molecular formula is C76H92N10O21. The van der Waals surface area contributed by atoms with Crippen molar-refractivity contribution in [2.24, 2.45) is 34.8 Å². The van der Waals surface area contributed by atoms with Gasteiger partial charge in [-0.05, 0) is 82.6 Å². The van der Waals surface area contributed by atoms with Crippen LogP contribution in [0.15, 0.2) is 93.9 Å². The van der Waals surface area contributed by atoms with E-state index in [0.29, 0.717) is 42.6 Å². The number of anilines is 3. The van der Waals surface area contributed by atoms with E-state index >= 15 is 9.59 Å². The first kappa shape index (κ1) is 78.7. The number of rotatable bonds is 20. The number of phenols is 2. The Morgan fingerprint density at radius 3 is 2.18 bits per heavy atom. The number of hydrogen-bond acceptors (Lipinski definition) is 23. The molecule has 2 aliphatic carbocycles. The number of ketones is 1. The maximum atomic E-state index is 15.2. The number of aliphatic hydroxyl groups is 2.